The van der Waals surface area contributed by atoms with Crippen LogP contribution in [0.2, 0.25) is 0 Å². The van der Waals surface area contributed by atoms with Gasteiger partial charge in [-0.05, 0) is 13.3 Å². The molecular formula is C7H12ClNO. The summed E-state index contributed by atoms with van der Waals surface area (Å²) in [7, 11) is 0. The van der Waals surface area contributed by atoms with Gasteiger partial charge in [0.1, 0.15) is 5.78 Å². The lowest BCUT2D eigenvalue weighted by atomic mass is 10.2. The molecule has 0 aromatic heterocycles. The van der Waals surface area contributed by atoms with Crippen LogP contribution in [0, 0.1) is 0 Å². The first kappa shape index (κ1) is 9.50. The molecule has 0 radical (unpaired) electrons. The molecule has 0 aromatic carbocycles. The Morgan fingerprint density at radius 1 is 1.70 bits per heavy atom. The van der Waals surface area contributed by atoms with Crippen LogP contribution in [0.3, 0.4) is 0 Å². The van der Waals surface area contributed by atoms with Crippen LogP contribution >= 0.6 is 11.6 Å². The Bertz CT molecular complexity index is 139. The summed E-state index contributed by atoms with van der Waals surface area (Å²) in [6.45, 7) is 1.80. The van der Waals surface area contributed by atoms with E-state index in [1.807, 2.05) is 6.08 Å². The van der Waals surface area contributed by atoms with Crippen LogP contribution in [0.4, 0.5) is 0 Å². The van der Waals surface area contributed by atoms with Crippen molar-refractivity contribution in [2.75, 3.05) is 5.88 Å². The van der Waals surface area contributed by atoms with Gasteiger partial charge in [-0.2, -0.15) is 0 Å². The van der Waals surface area contributed by atoms with Crippen molar-refractivity contribution < 1.29 is 4.79 Å². The maximum absolute atomic E-state index is 10.6. The quantitative estimate of drug-likeness (QED) is 0.634. The molecule has 2 nitrogen and oxygen atoms in total. The predicted molar refractivity (Wildman–Crippen MR) is 42.9 cm³/mol. The van der Waals surface area contributed by atoms with Crippen molar-refractivity contribution in [1.82, 2.24) is 0 Å². The second-order valence-electron chi connectivity index (χ2n) is 2.16. The number of hydrogen-bond acceptors (Lipinski definition) is 2. The average Bonchev–Trinajstić information content (AvgIpc) is 1.87. The number of hydrogen-bond donors (Lipinski definition) is 1. The van der Waals surface area contributed by atoms with Crippen LogP contribution in [0.15, 0.2) is 11.8 Å². The van der Waals surface area contributed by atoms with Gasteiger partial charge in [-0.3, -0.25) is 4.79 Å². The minimum absolute atomic E-state index is 0.0687. The van der Waals surface area contributed by atoms with Gasteiger partial charge in [-0.15, -0.1) is 11.6 Å². The van der Waals surface area contributed by atoms with Gasteiger partial charge in [-0.1, -0.05) is 6.08 Å². The number of alkyl halides is 1. The minimum atomic E-state index is 0.0687. The number of carbonyl (C=O) groups is 1. The van der Waals surface area contributed by atoms with E-state index in [2.05, 4.69) is 0 Å². The highest BCUT2D eigenvalue weighted by molar-refractivity contribution is 6.27. The molecule has 0 aromatic rings. The molecule has 58 valence electrons. The molecule has 0 heterocycles. The topological polar surface area (TPSA) is 43.1 Å². The van der Waals surface area contributed by atoms with Gasteiger partial charge in [0.15, 0.2) is 0 Å². The number of halogens is 1. The van der Waals surface area contributed by atoms with Gasteiger partial charge in [0.05, 0.1) is 5.88 Å². The first-order valence-electron chi connectivity index (χ1n) is 3.16. The molecule has 10 heavy (non-hydrogen) atoms. The van der Waals surface area contributed by atoms with Gasteiger partial charge in [-0.25, -0.2) is 0 Å². The Labute approximate surface area is 66.0 Å². The molecule has 0 saturated heterocycles. The molecule has 0 fully saturated rings. The van der Waals surface area contributed by atoms with Crippen LogP contribution in [-0.4, -0.2) is 11.7 Å². The van der Waals surface area contributed by atoms with E-state index in [-0.39, 0.29) is 11.7 Å². The zero-order valence-electron chi connectivity index (χ0n) is 6.06. The third-order valence-electron chi connectivity index (χ3n) is 1.04. The molecule has 0 unspecified atom stereocenters. The van der Waals surface area contributed by atoms with Crippen molar-refractivity contribution in [2.24, 2.45) is 5.73 Å². The monoisotopic (exact) mass is 161 g/mol. The smallest absolute Gasteiger partial charge is 0.147 e. The Balaban J connectivity index is 3.37. The van der Waals surface area contributed by atoms with Crippen LogP contribution in [0.1, 0.15) is 19.8 Å². The summed E-state index contributed by atoms with van der Waals surface area (Å²) in [4.78, 5) is 10.6. The van der Waals surface area contributed by atoms with Gasteiger partial charge < -0.3 is 5.73 Å². The molecule has 0 aliphatic rings. The normalized spacial score (nSPS) is 11.6. The van der Waals surface area contributed by atoms with Crippen molar-refractivity contribution in [1.29, 1.82) is 0 Å². The fraction of sp³-hybridized carbons (Fsp3) is 0.571. The summed E-state index contributed by atoms with van der Waals surface area (Å²) in [5.41, 5.74) is 6.09. The largest absolute Gasteiger partial charge is 0.403 e. The molecule has 0 aliphatic carbocycles. The van der Waals surface area contributed by atoms with Gasteiger partial charge >= 0.3 is 0 Å². The third kappa shape index (κ3) is 5.63. The Kier molecular flexibility index (Phi) is 5.03. The number of carbonyl (C=O) groups excluding carboxylic acids is 1. The summed E-state index contributed by atoms with van der Waals surface area (Å²) in [5.74, 6) is 0.177. The molecule has 0 saturated carbocycles. The Morgan fingerprint density at radius 2 is 2.30 bits per heavy atom. The lowest BCUT2D eigenvalue weighted by Crippen LogP contribution is -1.98. The third-order valence-corrected chi connectivity index (χ3v) is 1.34. The standard InChI is InChI=1S/C7H12ClNO/c1-6(9)3-2-4-7(10)5-8/h3H,2,4-5,9H2,1H3. The zero-order chi connectivity index (χ0) is 7.98. The second-order valence-corrected chi connectivity index (χ2v) is 2.43. The van der Waals surface area contributed by atoms with Crippen LogP contribution in [-0.2, 0) is 4.79 Å². The van der Waals surface area contributed by atoms with Crippen molar-refractivity contribution >= 4 is 17.4 Å². The predicted octanol–water partition coefficient (Wildman–Crippen LogP) is 1.44. The molecule has 0 spiro atoms. The van der Waals surface area contributed by atoms with Gasteiger partial charge in [0, 0.05) is 12.1 Å². The number of allylic oxidation sites excluding steroid dienone is 2. The van der Waals surface area contributed by atoms with Crippen molar-refractivity contribution in [2.45, 2.75) is 19.8 Å². The number of Topliss-reactive ketones (excluding diaryl/α,β-unsaturated/α-hetero) is 1. The highest BCUT2D eigenvalue weighted by Gasteiger charge is 1.95. The van der Waals surface area contributed by atoms with E-state index in [0.29, 0.717) is 12.8 Å². The minimum Gasteiger partial charge on any atom is -0.403 e. The van der Waals surface area contributed by atoms with E-state index in [1.54, 1.807) is 6.92 Å². The van der Waals surface area contributed by atoms with E-state index < -0.39 is 0 Å². The van der Waals surface area contributed by atoms with Gasteiger partial charge in [0.2, 0.25) is 0 Å². The lowest BCUT2D eigenvalue weighted by Gasteiger charge is -1.91. The van der Waals surface area contributed by atoms with Crippen LogP contribution in [0.5, 0.6) is 0 Å². The molecule has 0 amide bonds. The first-order valence-corrected chi connectivity index (χ1v) is 3.70. The molecule has 0 atom stereocenters. The fourth-order valence-corrected chi connectivity index (χ4v) is 0.661. The highest BCUT2D eigenvalue weighted by atomic mass is 35.5. The summed E-state index contributed by atoms with van der Waals surface area (Å²) < 4.78 is 0. The highest BCUT2D eigenvalue weighted by Crippen LogP contribution is 1.95. The van der Waals surface area contributed by atoms with E-state index >= 15 is 0 Å². The van der Waals surface area contributed by atoms with E-state index in [4.69, 9.17) is 17.3 Å². The number of ketones is 1. The summed E-state index contributed by atoms with van der Waals surface area (Å²) in [6, 6.07) is 0. The second kappa shape index (κ2) is 5.30. The lowest BCUT2D eigenvalue weighted by molar-refractivity contribution is -0.116. The summed E-state index contributed by atoms with van der Waals surface area (Å²) in [6.07, 6.45) is 3.02. The molecular weight excluding hydrogens is 150 g/mol. The summed E-state index contributed by atoms with van der Waals surface area (Å²) >= 11 is 5.27. The van der Waals surface area contributed by atoms with E-state index in [1.165, 1.54) is 0 Å². The van der Waals surface area contributed by atoms with E-state index in [9.17, 15) is 4.79 Å². The summed E-state index contributed by atoms with van der Waals surface area (Å²) in [5, 5.41) is 0. The molecule has 0 bridgehead atoms. The zero-order valence-corrected chi connectivity index (χ0v) is 6.82. The average molecular weight is 162 g/mol. The van der Waals surface area contributed by atoms with Crippen molar-refractivity contribution in [3.05, 3.63) is 11.8 Å². The van der Waals surface area contributed by atoms with E-state index in [0.717, 1.165) is 5.70 Å². The number of rotatable bonds is 4. The Hall–Kier alpha value is -0.500. The Morgan fingerprint density at radius 3 is 2.70 bits per heavy atom. The van der Waals surface area contributed by atoms with Gasteiger partial charge in [0.25, 0.3) is 0 Å². The van der Waals surface area contributed by atoms with Crippen molar-refractivity contribution in [3.8, 4) is 0 Å². The maximum Gasteiger partial charge on any atom is 0.147 e. The first-order chi connectivity index (χ1) is 4.66. The number of nitrogens with two attached hydrogens (primary N) is 1. The molecule has 0 rings (SSSR count). The van der Waals surface area contributed by atoms with Crippen LogP contribution in [0.25, 0.3) is 0 Å². The SMILES string of the molecule is CC(N)=CCCC(=O)CCl. The van der Waals surface area contributed by atoms with Crippen molar-refractivity contribution in [3.63, 3.8) is 0 Å². The molecule has 2 N–H and O–H groups in total. The maximum atomic E-state index is 10.6. The fourth-order valence-electron chi connectivity index (χ4n) is 0.528. The molecule has 0 aliphatic heterocycles. The van der Waals surface area contributed by atoms with Crippen LogP contribution < -0.4 is 5.73 Å². The molecule has 3 heteroatoms.